The predicted molar refractivity (Wildman–Crippen MR) is 106 cm³/mol. The maximum absolute atomic E-state index is 12.2. The van der Waals surface area contributed by atoms with E-state index in [2.05, 4.69) is 27.5 Å². The lowest BCUT2D eigenvalue weighted by Crippen LogP contribution is -2.37. The number of halogens is 3. The molecular weight excluding hydrogens is 389 g/mol. The molecule has 0 amide bonds. The van der Waals surface area contributed by atoms with Crippen LogP contribution in [0.4, 0.5) is 13.2 Å². The van der Waals surface area contributed by atoms with Crippen LogP contribution in [0.25, 0.3) is 0 Å². The van der Waals surface area contributed by atoms with Gasteiger partial charge in [-0.1, -0.05) is 24.3 Å². The first-order valence-corrected chi connectivity index (χ1v) is 9.68. The van der Waals surface area contributed by atoms with Crippen LogP contribution in [0, 0.1) is 13.8 Å². The quantitative estimate of drug-likeness (QED) is 0.510. The molecule has 0 aliphatic carbocycles. The van der Waals surface area contributed by atoms with Crippen molar-refractivity contribution in [1.82, 2.24) is 15.6 Å². The second kappa shape index (κ2) is 10.4. The minimum atomic E-state index is -4.31. The standard InChI is InChI=1S/C19H25F3N4OS/c1-13-14(2)28-17(26-13)7-8-24-18(23-3)25-10-15-5-4-6-16(9-15)11-27-12-19(20,21)22/h4-6,9H,7-8,10-12H2,1-3H3,(H2,23,24,25). The molecule has 0 fully saturated rings. The van der Waals surface area contributed by atoms with Gasteiger partial charge >= 0.3 is 6.18 Å². The van der Waals surface area contributed by atoms with Crippen LogP contribution in [0.1, 0.15) is 26.7 Å². The van der Waals surface area contributed by atoms with E-state index < -0.39 is 12.8 Å². The molecule has 0 unspecified atom stereocenters. The van der Waals surface area contributed by atoms with E-state index in [9.17, 15) is 13.2 Å². The SMILES string of the molecule is CN=C(NCCc1nc(C)c(C)s1)NCc1cccc(COCC(F)(F)F)c1. The van der Waals surface area contributed by atoms with Crippen molar-refractivity contribution in [2.45, 2.75) is 39.6 Å². The largest absolute Gasteiger partial charge is 0.411 e. The summed E-state index contributed by atoms with van der Waals surface area (Å²) in [7, 11) is 1.69. The van der Waals surface area contributed by atoms with Crippen molar-refractivity contribution < 1.29 is 17.9 Å². The first-order chi connectivity index (χ1) is 13.3. The molecule has 28 heavy (non-hydrogen) atoms. The number of alkyl halides is 3. The zero-order chi connectivity index (χ0) is 20.6. The maximum atomic E-state index is 12.2. The van der Waals surface area contributed by atoms with Crippen molar-refractivity contribution in [3.63, 3.8) is 0 Å². The van der Waals surface area contributed by atoms with Gasteiger partial charge in [-0.15, -0.1) is 11.3 Å². The number of aliphatic imine (C=N–C) groups is 1. The lowest BCUT2D eigenvalue weighted by atomic mass is 10.1. The highest BCUT2D eigenvalue weighted by Gasteiger charge is 2.27. The molecule has 0 saturated heterocycles. The average Bonchev–Trinajstić information content (AvgIpc) is 2.95. The van der Waals surface area contributed by atoms with Gasteiger partial charge in [-0.05, 0) is 25.0 Å². The monoisotopic (exact) mass is 414 g/mol. The summed E-state index contributed by atoms with van der Waals surface area (Å²) < 4.78 is 41.2. The summed E-state index contributed by atoms with van der Waals surface area (Å²) in [5.74, 6) is 0.656. The molecule has 5 nitrogen and oxygen atoms in total. The van der Waals surface area contributed by atoms with Crippen LogP contribution in [-0.2, 0) is 24.3 Å². The number of aryl methyl sites for hydroxylation is 2. The van der Waals surface area contributed by atoms with Crippen molar-refractivity contribution in [2.75, 3.05) is 20.2 Å². The number of aromatic nitrogens is 1. The van der Waals surface area contributed by atoms with Gasteiger partial charge in [0.2, 0.25) is 0 Å². The first kappa shape index (κ1) is 22.2. The number of hydrogen-bond acceptors (Lipinski definition) is 4. The van der Waals surface area contributed by atoms with Crippen molar-refractivity contribution in [1.29, 1.82) is 0 Å². The molecule has 154 valence electrons. The van der Waals surface area contributed by atoms with Gasteiger partial charge < -0.3 is 15.4 Å². The average molecular weight is 414 g/mol. The van der Waals surface area contributed by atoms with E-state index in [0.29, 0.717) is 24.6 Å². The van der Waals surface area contributed by atoms with E-state index in [1.54, 1.807) is 30.5 Å². The molecule has 0 atom stereocenters. The summed E-state index contributed by atoms with van der Waals surface area (Å²) >= 11 is 1.70. The zero-order valence-corrected chi connectivity index (χ0v) is 17.0. The fraction of sp³-hybridized carbons (Fsp3) is 0.474. The van der Waals surface area contributed by atoms with E-state index >= 15 is 0 Å². The van der Waals surface area contributed by atoms with E-state index in [0.717, 1.165) is 22.7 Å². The molecule has 0 spiro atoms. The van der Waals surface area contributed by atoms with Gasteiger partial charge in [0, 0.05) is 31.4 Å². The van der Waals surface area contributed by atoms with E-state index in [-0.39, 0.29) is 6.61 Å². The molecule has 1 aromatic carbocycles. The van der Waals surface area contributed by atoms with E-state index in [1.165, 1.54) is 4.88 Å². The van der Waals surface area contributed by atoms with Crippen molar-refractivity contribution >= 4 is 17.3 Å². The molecular formula is C19H25F3N4OS. The van der Waals surface area contributed by atoms with Crippen LogP contribution in [0.5, 0.6) is 0 Å². The highest BCUT2D eigenvalue weighted by molar-refractivity contribution is 7.11. The Labute approximate surface area is 167 Å². The Hall–Kier alpha value is -2.13. The lowest BCUT2D eigenvalue weighted by molar-refractivity contribution is -0.176. The number of ether oxygens (including phenoxy) is 1. The van der Waals surface area contributed by atoms with Crippen LogP contribution < -0.4 is 10.6 Å². The van der Waals surface area contributed by atoms with Gasteiger partial charge in [-0.2, -0.15) is 13.2 Å². The number of guanidine groups is 1. The second-order valence-electron chi connectivity index (χ2n) is 6.28. The van der Waals surface area contributed by atoms with Crippen LogP contribution >= 0.6 is 11.3 Å². The van der Waals surface area contributed by atoms with Gasteiger partial charge in [0.05, 0.1) is 17.3 Å². The zero-order valence-electron chi connectivity index (χ0n) is 16.2. The van der Waals surface area contributed by atoms with E-state index in [1.807, 2.05) is 19.1 Å². The molecule has 1 heterocycles. The number of benzene rings is 1. The summed E-state index contributed by atoms with van der Waals surface area (Å²) in [6, 6.07) is 7.25. The highest BCUT2D eigenvalue weighted by Crippen LogP contribution is 2.17. The second-order valence-corrected chi connectivity index (χ2v) is 7.57. The fourth-order valence-electron chi connectivity index (χ4n) is 2.45. The van der Waals surface area contributed by atoms with Gasteiger partial charge in [0.25, 0.3) is 0 Å². The fourth-order valence-corrected chi connectivity index (χ4v) is 3.39. The minimum absolute atomic E-state index is 0.0764. The molecule has 1 aromatic heterocycles. The summed E-state index contributed by atoms with van der Waals surface area (Å²) in [6.45, 7) is 3.95. The van der Waals surface area contributed by atoms with Crippen molar-refractivity contribution in [2.24, 2.45) is 4.99 Å². The smallest absolute Gasteiger partial charge is 0.367 e. The van der Waals surface area contributed by atoms with Crippen LogP contribution in [0.15, 0.2) is 29.3 Å². The third kappa shape index (κ3) is 7.85. The van der Waals surface area contributed by atoms with E-state index in [4.69, 9.17) is 4.74 Å². The Kier molecular flexibility index (Phi) is 8.25. The van der Waals surface area contributed by atoms with Crippen LogP contribution in [0.2, 0.25) is 0 Å². The number of nitrogens with one attached hydrogen (secondary N) is 2. The predicted octanol–water partition coefficient (Wildman–Crippen LogP) is 3.75. The van der Waals surface area contributed by atoms with Gasteiger partial charge in [-0.3, -0.25) is 4.99 Å². The molecule has 0 bridgehead atoms. The van der Waals surface area contributed by atoms with Crippen molar-refractivity contribution in [3.05, 3.63) is 51.0 Å². The van der Waals surface area contributed by atoms with Crippen LogP contribution in [-0.4, -0.2) is 37.3 Å². The molecule has 0 aliphatic rings. The molecule has 2 aromatic rings. The van der Waals surface area contributed by atoms with Gasteiger partial charge in [-0.25, -0.2) is 4.98 Å². The molecule has 2 N–H and O–H groups in total. The Morgan fingerprint density at radius 1 is 1.21 bits per heavy atom. The molecule has 9 heteroatoms. The summed E-state index contributed by atoms with van der Waals surface area (Å²) in [5.41, 5.74) is 2.70. The Morgan fingerprint density at radius 3 is 2.61 bits per heavy atom. The number of thiazole rings is 1. The Balaban J connectivity index is 1.77. The maximum Gasteiger partial charge on any atom is 0.411 e. The first-order valence-electron chi connectivity index (χ1n) is 8.86. The Bertz CT molecular complexity index is 770. The minimum Gasteiger partial charge on any atom is -0.367 e. The lowest BCUT2D eigenvalue weighted by Gasteiger charge is -2.12. The highest BCUT2D eigenvalue weighted by atomic mass is 32.1. The summed E-state index contributed by atoms with van der Waals surface area (Å²) in [6.07, 6.45) is -3.50. The third-order valence-corrected chi connectivity index (χ3v) is 5.05. The molecule has 0 radical (unpaired) electrons. The molecule has 0 aliphatic heterocycles. The summed E-state index contributed by atoms with van der Waals surface area (Å²) in [4.78, 5) is 9.93. The number of nitrogens with zero attached hydrogens (tertiary/aromatic N) is 2. The van der Waals surface area contributed by atoms with Gasteiger partial charge in [0.15, 0.2) is 5.96 Å². The molecule has 2 rings (SSSR count). The van der Waals surface area contributed by atoms with Gasteiger partial charge in [0.1, 0.15) is 6.61 Å². The third-order valence-electron chi connectivity index (χ3n) is 3.91. The normalized spacial score (nSPS) is 12.3. The topological polar surface area (TPSA) is 58.5 Å². The van der Waals surface area contributed by atoms with Crippen molar-refractivity contribution in [3.8, 4) is 0 Å². The molecule has 0 saturated carbocycles. The number of rotatable bonds is 8. The van der Waals surface area contributed by atoms with Crippen LogP contribution in [0.3, 0.4) is 0 Å². The summed E-state index contributed by atoms with van der Waals surface area (Å²) in [5, 5.41) is 7.52. The Morgan fingerprint density at radius 2 is 1.96 bits per heavy atom. The number of hydrogen-bond donors (Lipinski definition) is 2.